The molecule has 0 bridgehead atoms. The van der Waals surface area contributed by atoms with E-state index < -0.39 is 0 Å². The summed E-state index contributed by atoms with van der Waals surface area (Å²) in [6, 6.07) is 9.82. The van der Waals surface area contributed by atoms with Gasteiger partial charge in [0.25, 0.3) is 0 Å². The first-order valence-corrected chi connectivity index (χ1v) is 9.87. The van der Waals surface area contributed by atoms with Gasteiger partial charge >= 0.3 is 0 Å². The highest BCUT2D eigenvalue weighted by atomic mass is 16.4. The van der Waals surface area contributed by atoms with Crippen molar-refractivity contribution in [1.29, 1.82) is 0 Å². The highest BCUT2D eigenvalue weighted by Crippen LogP contribution is 2.22. The van der Waals surface area contributed by atoms with Crippen LogP contribution in [0.25, 0.3) is 17.0 Å². The van der Waals surface area contributed by atoms with E-state index in [1.807, 2.05) is 46.1 Å². The van der Waals surface area contributed by atoms with Crippen molar-refractivity contribution < 1.29 is 9.21 Å². The molecule has 4 rings (SSSR count). The Hall–Kier alpha value is -3.29. The summed E-state index contributed by atoms with van der Waals surface area (Å²) in [6.07, 6.45) is 5.77. The van der Waals surface area contributed by atoms with Crippen molar-refractivity contribution in [3.63, 3.8) is 0 Å². The molecule has 0 spiro atoms. The van der Waals surface area contributed by atoms with Gasteiger partial charge in [-0.25, -0.2) is 4.68 Å². The van der Waals surface area contributed by atoms with Crippen molar-refractivity contribution in [2.75, 3.05) is 13.1 Å². The summed E-state index contributed by atoms with van der Waals surface area (Å²) in [4.78, 5) is 14.6. The molecule has 0 atom stereocenters. The first-order valence-electron chi connectivity index (χ1n) is 9.87. The number of nitrogens with zero attached hydrogens (tertiary/aromatic N) is 6. The molecule has 150 valence electrons. The summed E-state index contributed by atoms with van der Waals surface area (Å²) < 4.78 is 7.53. The van der Waals surface area contributed by atoms with Gasteiger partial charge in [0, 0.05) is 24.7 Å². The zero-order valence-corrected chi connectivity index (χ0v) is 16.7. The number of carbonyl (C=O) groups excluding carboxylic acids is 1. The summed E-state index contributed by atoms with van der Waals surface area (Å²) in [6.45, 7) is 5.45. The lowest BCUT2D eigenvalue weighted by molar-refractivity contribution is -0.130. The molecule has 8 nitrogen and oxygen atoms in total. The number of benzene rings is 1. The Balaban J connectivity index is 1.36. The Labute approximate surface area is 169 Å². The molecule has 0 saturated carbocycles. The van der Waals surface area contributed by atoms with Gasteiger partial charge in [-0.1, -0.05) is 29.5 Å². The summed E-state index contributed by atoms with van der Waals surface area (Å²) in [5.41, 5.74) is 2.87. The summed E-state index contributed by atoms with van der Waals surface area (Å²) in [5.74, 6) is 0.765. The van der Waals surface area contributed by atoms with Gasteiger partial charge < -0.3 is 9.32 Å². The summed E-state index contributed by atoms with van der Waals surface area (Å²) >= 11 is 0. The monoisotopic (exact) mass is 392 g/mol. The van der Waals surface area contributed by atoms with E-state index in [1.54, 1.807) is 0 Å². The van der Waals surface area contributed by atoms with Crippen molar-refractivity contribution in [3.8, 4) is 11.5 Å². The van der Waals surface area contributed by atoms with Gasteiger partial charge in [-0.2, -0.15) is 0 Å². The fourth-order valence-corrected chi connectivity index (χ4v) is 3.29. The molecule has 0 N–H and O–H groups in total. The van der Waals surface area contributed by atoms with Gasteiger partial charge in [-0.05, 0) is 44.4 Å². The van der Waals surface area contributed by atoms with Gasteiger partial charge in [0.2, 0.25) is 17.7 Å². The van der Waals surface area contributed by atoms with Gasteiger partial charge in [0.05, 0.1) is 6.20 Å². The third-order valence-corrected chi connectivity index (χ3v) is 4.95. The average Bonchev–Trinajstić information content (AvgIpc) is 3.33. The van der Waals surface area contributed by atoms with E-state index in [0.29, 0.717) is 24.9 Å². The Morgan fingerprint density at radius 2 is 1.97 bits per heavy atom. The van der Waals surface area contributed by atoms with E-state index in [1.165, 1.54) is 0 Å². The van der Waals surface area contributed by atoms with Crippen LogP contribution in [0.3, 0.4) is 0 Å². The fraction of sp³-hybridized carbons (Fsp3) is 0.381. The minimum Gasteiger partial charge on any atom is -0.420 e. The molecule has 2 aromatic heterocycles. The Bertz CT molecular complexity index is 1010. The van der Waals surface area contributed by atoms with Crippen LogP contribution in [-0.2, 0) is 11.2 Å². The molecule has 3 heterocycles. The maximum atomic E-state index is 12.7. The fourth-order valence-electron chi connectivity index (χ4n) is 3.29. The Morgan fingerprint density at radius 1 is 1.14 bits per heavy atom. The van der Waals surface area contributed by atoms with Crippen molar-refractivity contribution in [3.05, 3.63) is 54.2 Å². The van der Waals surface area contributed by atoms with Gasteiger partial charge in [0.15, 0.2) is 0 Å². The normalized spacial score (nSPS) is 14.7. The van der Waals surface area contributed by atoms with Crippen LogP contribution in [0.1, 0.15) is 44.3 Å². The Kier molecular flexibility index (Phi) is 5.50. The summed E-state index contributed by atoms with van der Waals surface area (Å²) in [7, 11) is 0. The van der Waals surface area contributed by atoms with Crippen LogP contribution in [0.15, 0.2) is 47.0 Å². The van der Waals surface area contributed by atoms with Crippen molar-refractivity contribution in [2.24, 2.45) is 0 Å². The second-order valence-corrected chi connectivity index (χ2v) is 7.37. The van der Waals surface area contributed by atoms with Crippen LogP contribution >= 0.6 is 0 Å². The molecule has 0 aliphatic carbocycles. The average molecular weight is 392 g/mol. The zero-order chi connectivity index (χ0) is 20.2. The highest BCUT2D eigenvalue weighted by Gasteiger charge is 2.21. The first-order chi connectivity index (χ1) is 14.1. The lowest BCUT2D eigenvalue weighted by Crippen LogP contribution is -2.33. The van der Waals surface area contributed by atoms with E-state index in [2.05, 4.69) is 40.4 Å². The smallest absolute Gasteiger partial charge is 0.247 e. The molecule has 3 aromatic rings. The SMILES string of the molecule is CC(C)n1cc(C2=CCCN(C(=O)Cc3nnc(-c4ccccc4)o3)CC2)nn1. The van der Waals surface area contributed by atoms with Crippen LogP contribution < -0.4 is 0 Å². The molecule has 1 aliphatic rings. The van der Waals surface area contributed by atoms with Gasteiger partial charge in [-0.3, -0.25) is 4.79 Å². The first kappa shape index (κ1) is 19.0. The lowest BCUT2D eigenvalue weighted by Gasteiger charge is -2.19. The molecule has 29 heavy (non-hydrogen) atoms. The van der Waals surface area contributed by atoms with Gasteiger partial charge in [-0.15, -0.1) is 15.3 Å². The van der Waals surface area contributed by atoms with Crippen LogP contribution in [0, 0.1) is 0 Å². The molecule has 1 aromatic carbocycles. The Morgan fingerprint density at radius 3 is 2.72 bits per heavy atom. The number of carbonyl (C=O) groups is 1. The highest BCUT2D eigenvalue weighted by molar-refractivity contribution is 5.78. The third kappa shape index (κ3) is 4.42. The molecule has 0 saturated heterocycles. The van der Waals surface area contributed by atoms with E-state index in [4.69, 9.17) is 4.42 Å². The molecule has 8 heteroatoms. The third-order valence-electron chi connectivity index (χ3n) is 4.95. The molecular weight excluding hydrogens is 368 g/mol. The number of hydrogen-bond acceptors (Lipinski definition) is 6. The van der Waals surface area contributed by atoms with E-state index in [-0.39, 0.29) is 18.4 Å². The minimum atomic E-state index is -0.00579. The number of amides is 1. The topological polar surface area (TPSA) is 89.9 Å². The molecule has 1 amide bonds. The van der Waals surface area contributed by atoms with Crippen LogP contribution in [0.5, 0.6) is 0 Å². The van der Waals surface area contributed by atoms with Crippen LogP contribution in [-0.4, -0.2) is 49.1 Å². The maximum Gasteiger partial charge on any atom is 0.247 e. The standard InChI is InChI=1S/C21H24N6O2/c1-15(2)27-14-18(22-25-27)16-9-6-11-26(12-10-16)20(28)13-19-23-24-21(29-19)17-7-4-3-5-8-17/h3-5,7-9,14-15H,6,10-13H2,1-2H3. The molecule has 1 aliphatic heterocycles. The molecule has 0 unspecified atom stereocenters. The van der Waals surface area contributed by atoms with Crippen molar-refractivity contribution in [1.82, 2.24) is 30.1 Å². The quantitative estimate of drug-likeness (QED) is 0.662. The number of rotatable bonds is 5. The van der Waals surface area contributed by atoms with Crippen molar-refractivity contribution in [2.45, 2.75) is 39.2 Å². The lowest BCUT2D eigenvalue weighted by atomic mass is 10.1. The van der Waals surface area contributed by atoms with E-state index in [0.717, 1.165) is 29.7 Å². The number of hydrogen-bond donors (Lipinski definition) is 0. The maximum absolute atomic E-state index is 12.7. The predicted octanol–water partition coefficient (Wildman–Crippen LogP) is 3.16. The van der Waals surface area contributed by atoms with E-state index in [9.17, 15) is 4.79 Å². The minimum absolute atomic E-state index is 0.00579. The second-order valence-electron chi connectivity index (χ2n) is 7.37. The second kappa shape index (κ2) is 8.38. The zero-order valence-electron chi connectivity index (χ0n) is 16.7. The molecule has 0 radical (unpaired) electrons. The molecule has 0 fully saturated rings. The van der Waals surface area contributed by atoms with Crippen molar-refractivity contribution >= 4 is 11.5 Å². The largest absolute Gasteiger partial charge is 0.420 e. The predicted molar refractivity (Wildman–Crippen MR) is 108 cm³/mol. The van der Waals surface area contributed by atoms with Crippen LogP contribution in [0.2, 0.25) is 0 Å². The van der Waals surface area contributed by atoms with Gasteiger partial charge in [0.1, 0.15) is 12.1 Å². The molecular formula is C21H24N6O2. The number of aromatic nitrogens is 5. The van der Waals surface area contributed by atoms with Crippen LogP contribution in [0.4, 0.5) is 0 Å². The summed E-state index contributed by atoms with van der Waals surface area (Å²) in [5, 5.41) is 16.5. The van der Waals surface area contributed by atoms with E-state index >= 15 is 0 Å².